The van der Waals surface area contributed by atoms with E-state index >= 15 is 0 Å². The monoisotopic (exact) mass is 384 g/mol. The van der Waals surface area contributed by atoms with Crippen LogP contribution in [0.3, 0.4) is 0 Å². The minimum Gasteiger partial charge on any atom is -0.348 e. The van der Waals surface area contributed by atoms with E-state index in [0.29, 0.717) is 16.6 Å². The fourth-order valence-electron chi connectivity index (χ4n) is 2.28. The van der Waals surface area contributed by atoms with Crippen LogP contribution in [-0.2, 0) is 16.1 Å². The number of amides is 2. The van der Waals surface area contributed by atoms with Gasteiger partial charge in [-0.05, 0) is 29.1 Å². The van der Waals surface area contributed by atoms with E-state index < -0.39 is 0 Å². The Morgan fingerprint density at radius 2 is 2.04 bits per heavy atom. The SMILES string of the molecule is CC(=O)N[C@H](CC(=O)N(C)Cc1ccc(Cl)cc1Cl)c1cccs1. The molecule has 0 aliphatic heterocycles. The maximum atomic E-state index is 12.5. The van der Waals surface area contributed by atoms with Gasteiger partial charge in [0.1, 0.15) is 0 Å². The highest BCUT2D eigenvalue weighted by atomic mass is 35.5. The van der Waals surface area contributed by atoms with Crippen LogP contribution in [0.1, 0.15) is 29.8 Å². The number of hydrogen-bond donors (Lipinski definition) is 1. The van der Waals surface area contributed by atoms with Crippen LogP contribution in [0.2, 0.25) is 10.0 Å². The molecule has 2 amide bonds. The molecular weight excluding hydrogens is 367 g/mol. The highest BCUT2D eigenvalue weighted by Gasteiger charge is 2.20. The van der Waals surface area contributed by atoms with E-state index in [1.54, 1.807) is 30.1 Å². The van der Waals surface area contributed by atoms with Crippen molar-refractivity contribution in [2.75, 3.05) is 7.05 Å². The molecule has 2 aromatic rings. The number of rotatable bonds is 6. The Bertz CT molecular complexity index is 719. The van der Waals surface area contributed by atoms with Crippen LogP contribution in [0.15, 0.2) is 35.7 Å². The summed E-state index contributed by atoms with van der Waals surface area (Å²) in [7, 11) is 1.71. The third-order valence-corrected chi connectivity index (χ3v) is 5.06. The topological polar surface area (TPSA) is 49.4 Å². The molecule has 0 saturated heterocycles. The normalized spacial score (nSPS) is 11.8. The summed E-state index contributed by atoms with van der Waals surface area (Å²) in [6, 6.07) is 8.69. The lowest BCUT2D eigenvalue weighted by molar-refractivity contribution is -0.131. The van der Waals surface area contributed by atoms with Gasteiger partial charge in [-0.3, -0.25) is 9.59 Å². The van der Waals surface area contributed by atoms with Gasteiger partial charge < -0.3 is 10.2 Å². The van der Waals surface area contributed by atoms with Crippen molar-refractivity contribution < 1.29 is 9.59 Å². The van der Waals surface area contributed by atoms with Crippen molar-refractivity contribution in [1.29, 1.82) is 0 Å². The second kappa shape index (κ2) is 8.51. The molecule has 0 unspecified atom stereocenters. The molecule has 24 heavy (non-hydrogen) atoms. The minimum atomic E-state index is -0.321. The summed E-state index contributed by atoms with van der Waals surface area (Å²) in [5, 5.41) is 5.84. The fourth-order valence-corrected chi connectivity index (χ4v) is 3.53. The second-order valence-corrected chi connectivity index (χ2v) is 7.28. The Morgan fingerprint density at radius 3 is 2.62 bits per heavy atom. The molecule has 0 radical (unpaired) electrons. The molecule has 2 rings (SSSR count). The Hall–Kier alpha value is -1.56. The molecule has 0 spiro atoms. The molecule has 1 aromatic heterocycles. The van der Waals surface area contributed by atoms with Gasteiger partial charge in [0.15, 0.2) is 0 Å². The maximum Gasteiger partial charge on any atom is 0.225 e. The van der Waals surface area contributed by atoms with E-state index in [9.17, 15) is 9.59 Å². The molecule has 0 fully saturated rings. The summed E-state index contributed by atoms with van der Waals surface area (Å²) in [6.45, 7) is 1.83. The van der Waals surface area contributed by atoms with Gasteiger partial charge in [-0.2, -0.15) is 0 Å². The Labute approximate surface area is 155 Å². The van der Waals surface area contributed by atoms with E-state index in [1.807, 2.05) is 17.5 Å². The first-order valence-corrected chi connectivity index (χ1v) is 8.98. The lowest BCUT2D eigenvalue weighted by Crippen LogP contribution is -2.33. The van der Waals surface area contributed by atoms with E-state index in [1.165, 1.54) is 18.3 Å². The number of thiophene rings is 1. The van der Waals surface area contributed by atoms with Gasteiger partial charge in [-0.25, -0.2) is 0 Å². The van der Waals surface area contributed by atoms with Gasteiger partial charge in [0.25, 0.3) is 0 Å². The molecular formula is C17H18Cl2N2O2S. The summed E-state index contributed by atoms with van der Waals surface area (Å²) in [4.78, 5) is 26.5. The molecule has 1 aromatic carbocycles. The minimum absolute atomic E-state index is 0.0758. The maximum absolute atomic E-state index is 12.5. The molecule has 128 valence electrons. The lowest BCUT2D eigenvalue weighted by Gasteiger charge is -2.22. The first kappa shape index (κ1) is 18.8. The zero-order valence-corrected chi connectivity index (χ0v) is 15.7. The van der Waals surface area contributed by atoms with E-state index in [4.69, 9.17) is 23.2 Å². The summed E-state index contributed by atoms with van der Waals surface area (Å²) in [5.74, 6) is -0.238. The molecule has 0 aliphatic carbocycles. The number of carbonyl (C=O) groups is 2. The average molecular weight is 385 g/mol. The first-order valence-electron chi connectivity index (χ1n) is 7.35. The van der Waals surface area contributed by atoms with Gasteiger partial charge in [-0.1, -0.05) is 35.3 Å². The third-order valence-electron chi connectivity index (χ3n) is 3.49. The van der Waals surface area contributed by atoms with Crippen molar-refractivity contribution in [2.45, 2.75) is 25.9 Å². The Morgan fingerprint density at radius 1 is 1.29 bits per heavy atom. The van der Waals surface area contributed by atoms with Crippen LogP contribution in [0, 0.1) is 0 Å². The van der Waals surface area contributed by atoms with Crippen molar-refractivity contribution in [3.8, 4) is 0 Å². The smallest absolute Gasteiger partial charge is 0.225 e. The number of benzene rings is 1. The van der Waals surface area contributed by atoms with Crippen LogP contribution < -0.4 is 5.32 Å². The van der Waals surface area contributed by atoms with Gasteiger partial charge in [-0.15, -0.1) is 11.3 Å². The van der Waals surface area contributed by atoms with Gasteiger partial charge >= 0.3 is 0 Å². The molecule has 1 N–H and O–H groups in total. The Balaban J connectivity index is 2.04. The third kappa shape index (κ3) is 5.23. The van der Waals surface area contributed by atoms with Crippen LogP contribution in [0.4, 0.5) is 0 Å². The van der Waals surface area contributed by atoms with Crippen LogP contribution in [0.25, 0.3) is 0 Å². The van der Waals surface area contributed by atoms with Gasteiger partial charge in [0.05, 0.1) is 12.5 Å². The highest BCUT2D eigenvalue weighted by molar-refractivity contribution is 7.10. The highest BCUT2D eigenvalue weighted by Crippen LogP contribution is 2.25. The van der Waals surface area contributed by atoms with Crippen LogP contribution in [-0.4, -0.2) is 23.8 Å². The molecule has 0 saturated carbocycles. The molecule has 1 atom stereocenters. The quantitative estimate of drug-likeness (QED) is 0.807. The number of nitrogens with one attached hydrogen (secondary N) is 1. The van der Waals surface area contributed by atoms with Gasteiger partial charge in [0.2, 0.25) is 11.8 Å². The summed E-state index contributed by atoms with van der Waals surface area (Å²) in [6.07, 6.45) is 0.196. The summed E-state index contributed by atoms with van der Waals surface area (Å²) < 4.78 is 0. The summed E-state index contributed by atoms with van der Waals surface area (Å²) >= 11 is 13.6. The largest absolute Gasteiger partial charge is 0.348 e. The molecule has 7 heteroatoms. The number of nitrogens with zero attached hydrogens (tertiary/aromatic N) is 1. The fraction of sp³-hybridized carbons (Fsp3) is 0.294. The average Bonchev–Trinajstić information content (AvgIpc) is 3.03. The van der Waals surface area contributed by atoms with E-state index in [-0.39, 0.29) is 24.3 Å². The Kier molecular flexibility index (Phi) is 6.66. The number of halogens is 2. The zero-order chi connectivity index (χ0) is 17.7. The van der Waals surface area contributed by atoms with Crippen LogP contribution >= 0.6 is 34.5 Å². The molecule has 0 bridgehead atoms. The zero-order valence-electron chi connectivity index (χ0n) is 13.4. The molecule has 0 aliphatic rings. The van der Waals surface area contributed by atoms with Crippen molar-refractivity contribution in [2.24, 2.45) is 0 Å². The molecule has 4 nitrogen and oxygen atoms in total. The van der Waals surface area contributed by atoms with Crippen molar-refractivity contribution in [3.63, 3.8) is 0 Å². The predicted molar refractivity (Wildman–Crippen MR) is 98.4 cm³/mol. The first-order chi connectivity index (χ1) is 11.4. The second-order valence-electron chi connectivity index (χ2n) is 5.46. The standard InChI is InChI=1S/C17H18Cl2N2O2S/c1-11(22)20-15(16-4-3-7-24-16)9-17(23)21(2)10-12-5-6-13(18)8-14(12)19/h3-8,15H,9-10H2,1-2H3,(H,20,22)/t15-/m1/s1. The predicted octanol–water partition coefficient (Wildman–Crippen LogP) is 4.28. The van der Waals surface area contributed by atoms with Crippen molar-refractivity contribution >= 4 is 46.4 Å². The van der Waals surface area contributed by atoms with Crippen LogP contribution in [0.5, 0.6) is 0 Å². The number of carbonyl (C=O) groups excluding carboxylic acids is 2. The lowest BCUT2D eigenvalue weighted by atomic mass is 10.1. The van der Waals surface area contributed by atoms with E-state index in [2.05, 4.69) is 5.32 Å². The van der Waals surface area contributed by atoms with E-state index in [0.717, 1.165) is 10.4 Å². The molecule has 1 heterocycles. The number of hydrogen-bond acceptors (Lipinski definition) is 3. The van der Waals surface area contributed by atoms with Crippen molar-refractivity contribution in [3.05, 3.63) is 56.2 Å². The summed E-state index contributed by atoms with van der Waals surface area (Å²) in [5.41, 5.74) is 0.823. The van der Waals surface area contributed by atoms with Crippen molar-refractivity contribution in [1.82, 2.24) is 10.2 Å². The van der Waals surface area contributed by atoms with Gasteiger partial charge in [0, 0.05) is 35.4 Å².